The quantitative estimate of drug-likeness (QED) is 0.0418. The fourth-order valence-electron chi connectivity index (χ4n) is 10.1. The van der Waals surface area contributed by atoms with Crippen molar-refractivity contribution in [1.82, 2.24) is 39.9 Å². The van der Waals surface area contributed by atoms with Gasteiger partial charge in [-0.2, -0.15) is 0 Å². The molecule has 0 bridgehead atoms. The van der Waals surface area contributed by atoms with E-state index in [-0.39, 0.29) is 135 Å². The van der Waals surface area contributed by atoms with Crippen molar-refractivity contribution in [2.45, 2.75) is 158 Å². The summed E-state index contributed by atoms with van der Waals surface area (Å²) in [6.45, 7) is 21.2. The van der Waals surface area contributed by atoms with Crippen LogP contribution in [0.25, 0.3) is 90.1 Å². The summed E-state index contributed by atoms with van der Waals surface area (Å²) in [6.07, 6.45) is 5.99. The smallest absolute Gasteiger partial charge is 0.123 e. The maximum absolute atomic E-state index is 12.9. The first-order valence-electron chi connectivity index (χ1n) is 34.9. The molecule has 0 fully saturated rings. The maximum atomic E-state index is 12.9. The number of benzene rings is 8. The van der Waals surface area contributed by atoms with E-state index in [1.807, 2.05) is 210 Å². The summed E-state index contributed by atoms with van der Waals surface area (Å²) in [4.78, 5) is 36.5. The Morgan fingerprint density at radius 1 is 0.266 bits per heavy atom. The summed E-state index contributed by atoms with van der Waals surface area (Å²) < 4.78 is 12.9. The summed E-state index contributed by atoms with van der Waals surface area (Å²) in [7, 11) is 0. The number of aliphatic hydroxyl groups is 8. The summed E-state index contributed by atoms with van der Waals surface area (Å²) in [5.74, 6) is -0.256. The molecule has 8 N–H and O–H groups in total. The Hall–Kier alpha value is -7.71. The molecular formula is C88H99FIr4N8O8-4. The van der Waals surface area contributed by atoms with Crippen molar-refractivity contribution in [2.75, 3.05) is 0 Å². The predicted octanol–water partition coefficient (Wildman–Crippen LogP) is 16.4. The molecule has 0 saturated heterocycles. The van der Waals surface area contributed by atoms with Gasteiger partial charge in [-0.15, -0.1) is 144 Å². The van der Waals surface area contributed by atoms with Gasteiger partial charge in [0, 0.05) is 167 Å². The average Bonchev–Trinajstić information content (AvgIpc) is 0.832. The molecule has 4 radical (unpaired) electrons. The van der Waals surface area contributed by atoms with Gasteiger partial charge >= 0.3 is 0 Å². The van der Waals surface area contributed by atoms with Crippen molar-refractivity contribution < 1.29 is 126 Å². The average molecular weight is 2180 g/mol. The second-order valence-electron chi connectivity index (χ2n) is 25.2. The zero-order chi connectivity index (χ0) is 76.6. The molecule has 0 amide bonds. The van der Waals surface area contributed by atoms with E-state index in [2.05, 4.69) is 66.3 Å². The van der Waals surface area contributed by atoms with Gasteiger partial charge in [-0.05, 0) is 133 Å². The van der Waals surface area contributed by atoms with Crippen LogP contribution in [0.2, 0.25) is 0 Å². The van der Waals surface area contributed by atoms with Gasteiger partial charge in [-0.1, -0.05) is 91.0 Å². The Balaban J connectivity index is 0.000000645. The third kappa shape index (κ3) is 38.7. The molecule has 0 saturated carbocycles. The third-order valence-electron chi connectivity index (χ3n) is 14.7. The summed E-state index contributed by atoms with van der Waals surface area (Å²) in [6, 6.07) is 80.3. The molecule has 8 atom stereocenters. The molecule has 0 aliphatic rings. The van der Waals surface area contributed by atoms with Crippen LogP contribution in [0, 0.1) is 57.8 Å². The van der Waals surface area contributed by atoms with Crippen molar-refractivity contribution in [3.8, 4) is 90.1 Å². The van der Waals surface area contributed by atoms with E-state index < -0.39 is 0 Å². The predicted molar refractivity (Wildman–Crippen MR) is 418 cm³/mol. The van der Waals surface area contributed by atoms with Gasteiger partial charge in [-0.25, -0.2) is 4.39 Å². The third-order valence-corrected chi connectivity index (χ3v) is 14.7. The number of hydrogen-bond acceptors (Lipinski definition) is 16. The van der Waals surface area contributed by atoms with Crippen LogP contribution in [0.1, 0.15) is 104 Å². The Morgan fingerprint density at radius 3 is 0.826 bits per heavy atom. The standard InChI is InChI=1S/C18H15N2.C17H12FN2.C17H13N2.C16H11N2.4C5H12O2.4Ir/c1-13-17(15-9-5-3-6-10-15)20-14(2)18(19-13)16-11-7-4-8-12-16;1-12-17(14-5-3-2-4-6-14)19-11-16(20-12)13-7-9-15(18)10-8-13;1-13-17(15-10-6-3-7-11-15)18-12-16(19-13)14-8-4-2-5-9-14;1-3-7-13(8-4-1)15-11-18-16(12-17-15)14-9-5-2-6-10-14;4*1-4(6)3-5(2)7;;;;/h3-11H,1-2H3;2-5,7-11H,1H3;2-10,12H,1H3;1-9,11-12H;4*4-7H,3H2,1-2H3;;;;/q4*-1;;;;;;;;. The van der Waals surface area contributed by atoms with Gasteiger partial charge in [0.2, 0.25) is 0 Å². The zero-order valence-electron chi connectivity index (χ0n) is 63.3. The van der Waals surface area contributed by atoms with Gasteiger partial charge in [0.1, 0.15) is 5.82 Å². The molecule has 12 aromatic rings. The van der Waals surface area contributed by atoms with E-state index in [0.717, 1.165) is 113 Å². The zero-order valence-corrected chi connectivity index (χ0v) is 72.9. The van der Waals surface area contributed by atoms with Crippen molar-refractivity contribution >= 4 is 0 Å². The Labute approximate surface area is 697 Å². The van der Waals surface area contributed by atoms with E-state index in [1.54, 1.807) is 86.1 Å². The first kappa shape index (κ1) is 99.3. The number of aliphatic hydroxyl groups excluding tert-OH is 8. The molecule has 8 unspecified atom stereocenters. The van der Waals surface area contributed by atoms with E-state index in [0.29, 0.717) is 25.7 Å². The van der Waals surface area contributed by atoms with Crippen molar-refractivity contribution in [3.63, 3.8) is 0 Å². The molecular weight excluding hydrogens is 2080 g/mol. The molecule has 586 valence electrons. The van der Waals surface area contributed by atoms with Gasteiger partial charge < -0.3 is 55.8 Å². The molecule has 8 aromatic carbocycles. The van der Waals surface area contributed by atoms with Crippen LogP contribution < -0.4 is 0 Å². The minimum absolute atomic E-state index is 0. The number of hydrogen-bond donors (Lipinski definition) is 8. The largest absolute Gasteiger partial charge is 0.393 e. The van der Waals surface area contributed by atoms with Crippen LogP contribution in [0.4, 0.5) is 4.39 Å². The van der Waals surface area contributed by atoms with Crippen molar-refractivity contribution in [3.05, 3.63) is 290 Å². The van der Waals surface area contributed by atoms with E-state index in [1.165, 1.54) is 12.1 Å². The second kappa shape index (κ2) is 54.8. The van der Waals surface area contributed by atoms with Crippen LogP contribution in [-0.2, 0) is 80.4 Å². The van der Waals surface area contributed by atoms with Crippen LogP contribution in [0.3, 0.4) is 0 Å². The van der Waals surface area contributed by atoms with E-state index in [9.17, 15) is 4.39 Å². The fraction of sp³-hybridized carbons (Fsp3) is 0.273. The Bertz CT molecular complexity index is 4120. The molecule has 0 spiro atoms. The van der Waals surface area contributed by atoms with E-state index in [4.69, 9.17) is 50.8 Å². The van der Waals surface area contributed by atoms with Crippen molar-refractivity contribution in [2.24, 2.45) is 0 Å². The first-order valence-corrected chi connectivity index (χ1v) is 34.9. The molecule has 21 heteroatoms. The molecule has 0 aliphatic heterocycles. The van der Waals surface area contributed by atoms with Gasteiger partial charge in [0.05, 0.1) is 77.3 Å². The molecule has 12 rings (SSSR count). The number of nitrogens with zero attached hydrogens (tertiary/aromatic N) is 8. The minimum Gasteiger partial charge on any atom is -0.393 e. The summed E-state index contributed by atoms with van der Waals surface area (Å²) in [5.41, 5.74) is 18.5. The van der Waals surface area contributed by atoms with Crippen LogP contribution in [0.15, 0.2) is 237 Å². The van der Waals surface area contributed by atoms with E-state index >= 15 is 0 Å². The number of aromatic nitrogens is 8. The maximum Gasteiger partial charge on any atom is 0.123 e. The Morgan fingerprint density at radius 2 is 0.523 bits per heavy atom. The SMILES string of the molecule is CC(O)CC(C)O.CC(O)CC(C)O.CC(O)CC(C)O.CC(O)CC(C)O.Cc1nc(-c2ccc(F)cc2)cnc1-c1[c-]cccc1.Cc1nc(-c2ccccc2)c(C)nc1-c1[c-]cccc1.Cc1nc(-c2ccccc2)cnc1-c1[c-]cccc1.[Ir].[Ir].[Ir].[Ir].[c-]1ccccc1-c1cnc(-c2ccccc2)cn1. The topological polar surface area (TPSA) is 265 Å². The second-order valence-corrected chi connectivity index (χ2v) is 25.2. The molecule has 0 aliphatic carbocycles. The van der Waals surface area contributed by atoms with Gasteiger partial charge in [0.15, 0.2) is 0 Å². The minimum atomic E-state index is -0.375. The fourth-order valence-corrected chi connectivity index (χ4v) is 10.1. The normalized spacial score (nSPS) is 12.2. The molecule has 4 heterocycles. The molecule has 109 heavy (non-hydrogen) atoms. The van der Waals surface area contributed by atoms with Crippen LogP contribution in [0.5, 0.6) is 0 Å². The van der Waals surface area contributed by atoms with Crippen LogP contribution in [-0.4, -0.2) is 130 Å². The summed E-state index contributed by atoms with van der Waals surface area (Å²) >= 11 is 0. The Kier molecular flexibility index (Phi) is 49.9. The monoisotopic (exact) mass is 2190 g/mol. The number of aryl methyl sites for hydroxylation is 4. The van der Waals surface area contributed by atoms with Gasteiger partial charge in [0.25, 0.3) is 0 Å². The van der Waals surface area contributed by atoms with Crippen molar-refractivity contribution in [1.29, 1.82) is 0 Å². The summed E-state index contributed by atoms with van der Waals surface area (Å²) in [5, 5.41) is 68.5. The van der Waals surface area contributed by atoms with Gasteiger partial charge in [-0.3, -0.25) is 24.9 Å². The first-order chi connectivity index (χ1) is 50.3. The molecule has 4 aromatic heterocycles. The van der Waals surface area contributed by atoms with Crippen LogP contribution >= 0.6 is 0 Å². The number of rotatable bonds is 16. The molecule has 16 nitrogen and oxygen atoms in total. The number of halogens is 1.